The Hall–Kier alpha value is 2.58. The molecule has 0 aromatic carbocycles. The van der Waals surface area contributed by atoms with E-state index in [1.807, 2.05) is 0 Å². The monoisotopic (exact) mass is 388 g/mol. The minimum atomic E-state index is 0. The summed E-state index contributed by atoms with van der Waals surface area (Å²) in [6.45, 7) is 0. The van der Waals surface area contributed by atoms with Crippen molar-refractivity contribution in [1.29, 1.82) is 0 Å². The fourth-order valence-corrected chi connectivity index (χ4v) is 0. The molecule has 0 fully saturated rings. The van der Waals surface area contributed by atoms with Crippen LogP contribution < -0.4 is 0 Å². The molecule has 0 saturated heterocycles. The third-order valence-electron chi connectivity index (χ3n) is 0. The van der Waals surface area contributed by atoms with Crippen molar-refractivity contribution in [1.82, 2.24) is 0 Å². The molecule has 4 heavy (non-hydrogen) atoms. The Labute approximate surface area is 84.7 Å². The molecular weight excluding hydrogens is 388 g/mol. The Kier molecular flexibility index (Phi) is 70.3. The van der Waals surface area contributed by atoms with Crippen LogP contribution in [0.2, 0.25) is 0 Å². The van der Waals surface area contributed by atoms with E-state index in [1.165, 1.54) is 0 Å². The molecular formula is CeOTiW. The molecule has 0 heterocycles. The van der Waals surface area contributed by atoms with Crippen LogP contribution in [0.3, 0.4) is 0 Å². The number of rotatable bonds is 0. The van der Waals surface area contributed by atoms with Crippen molar-refractivity contribution in [3.8, 4) is 0 Å². The summed E-state index contributed by atoms with van der Waals surface area (Å²) in [4.78, 5) is 0. The Balaban J connectivity index is -0.00000000500. The largest absolute Gasteiger partial charge is 0 e. The third-order valence-corrected chi connectivity index (χ3v) is 0. The third kappa shape index (κ3) is 8.82. The van der Waals surface area contributed by atoms with Crippen LogP contribution in [0.25, 0.3) is 0 Å². The van der Waals surface area contributed by atoms with Gasteiger partial charge in [0.25, 0.3) is 0 Å². The van der Waals surface area contributed by atoms with Crippen LogP contribution in [0, 0.1) is 41.7 Å². The van der Waals surface area contributed by atoms with E-state index in [9.17, 15) is 0 Å². The van der Waals surface area contributed by atoms with Gasteiger partial charge in [0.15, 0.2) is 0 Å². The van der Waals surface area contributed by atoms with E-state index in [0.717, 1.165) is 20.4 Å². The van der Waals surface area contributed by atoms with Crippen LogP contribution in [0.5, 0.6) is 0 Å². The predicted molar refractivity (Wildman–Crippen MR) is 0.686 cm³/mol. The summed E-state index contributed by atoms with van der Waals surface area (Å²) < 4.78 is 8.25. The standard InChI is InChI=1S/Ce.O.Ti.W. The summed E-state index contributed by atoms with van der Waals surface area (Å²) in [5.41, 5.74) is 0. The first kappa shape index (κ1) is 16.0. The van der Waals surface area contributed by atoms with Crippen molar-refractivity contribution < 1.29 is 86.5 Å². The van der Waals surface area contributed by atoms with Crippen LogP contribution in [0.4, 0.5) is 0 Å². The van der Waals surface area contributed by atoms with Crippen LogP contribution in [0.15, 0.2) is 0 Å². The maximum Gasteiger partial charge on any atom is 0 e. The number of hydrogen-bond acceptors (Lipinski definition) is 1. The fourth-order valence-electron chi connectivity index (χ4n) is 0. The van der Waals surface area contributed by atoms with Gasteiger partial charge in [0.1, 0.15) is 0 Å². The van der Waals surface area contributed by atoms with Gasteiger partial charge in [-0.3, -0.25) is 0 Å². The zero-order chi connectivity index (χ0) is 2.00. The van der Waals surface area contributed by atoms with E-state index >= 15 is 0 Å². The SMILES string of the molecule is [Ce].[O]=[Ti].[W]. The van der Waals surface area contributed by atoms with Gasteiger partial charge in [0, 0.05) is 62.8 Å². The molecule has 4 heteroatoms. The summed E-state index contributed by atoms with van der Waals surface area (Å²) in [6.07, 6.45) is 0. The van der Waals surface area contributed by atoms with Gasteiger partial charge in [-0.1, -0.05) is 0 Å². The van der Waals surface area contributed by atoms with Crippen LogP contribution in [0.1, 0.15) is 0 Å². The molecule has 0 amide bonds. The Morgan fingerprint density at radius 1 is 1.25 bits per heavy atom. The number of hydrogen-bond donors (Lipinski definition) is 0. The molecule has 0 bridgehead atoms. The summed E-state index contributed by atoms with van der Waals surface area (Å²) >= 11 is 0.750. The predicted octanol–water partition coefficient (Wildman–Crippen LogP) is -0.124. The Bertz CT molecular complexity index is 8.00. The molecule has 0 aliphatic rings. The summed E-state index contributed by atoms with van der Waals surface area (Å²) in [6, 6.07) is 0. The average Bonchev–Trinajstić information content (AvgIpc) is 1.00. The molecule has 0 rings (SSSR count). The van der Waals surface area contributed by atoms with E-state index in [2.05, 4.69) is 0 Å². The van der Waals surface area contributed by atoms with E-state index < -0.39 is 0 Å². The first-order valence-electron chi connectivity index (χ1n) is 0.204. The van der Waals surface area contributed by atoms with E-state index in [0.29, 0.717) is 0 Å². The molecule has 1 nitrogen and oxygen atoms in total. The van der Waals surface area contributed by atoms with Crippen LogP contribution in [-0.4, -0.2) is 0 Å². The maximum absolute atomic E-state index is 8.25. The normalized spacial score (nSPS) is 0.750. The van der Waals surface area contributed by atoms with Gasteiger partial charge in [0.2, 0.25) is 0 Å². The molecule has 0 saturated carbocycles. The average molecular weight is 388 g/mol. The topological polar surface area (TPSA) is 17.1 Å². The van der Waals surface area contributed by atoms with Gasteiger partial charge < -0.3 is 0 Å². The first-order valence-corrected chi connectivity index (χ1v) is 0.842. The molecule has 0 aromatic heterocycles. The summed E-state index contributed by atoms with van der Waals surface area (Å²) in [5, 5.41) is 0. The molecule has 0 aliphatic heterocycles. The molecule has 0 spiro atoms. The van der Waals surface area contributed by atoms with Crippen molar-refractivity contribution in [2.24, 2.45) is 0 Å². The molecule has 0 aliphatic carbocycles. The molecule has 0 atom stereocenters. The van der Waals surface area contributed by atoms with Crippen molar-refractivity contribution in [2.75, 3.05) is 0 Å². The second kappa shape index (κ2) is 17.6. The summed E-state index contributed by atoms with van der Waals surface area (Å²) in [7, 11) is 0. The zero-order valence-electron chi connectivity index (χ0n) is 1.82. The fraction of sp³-hybridized carbons (Fsp3) is 0. The Morgan fingerprint density at radius 2 is 1.25 bits per heavy atom. The van der Waals surface area contributed by atoms with Gasteiger partial charge in [-0.15, -0.1) is 0 Å². The van der Waals surface area contributed by atoms with E-state index in [-0.39, 0.29) is 62.8 Å². The van der Waals surface area contributed by atoms with Gasteiger partial charge in [-0.05, 0) is 0 Å². The minimum absolute atomic E-state index is 0. The van der Waals surface area contributed by atoms with Crippen molar-refractivity contribution in [2.45, 2.75) is 0 Å². The van der Waals surface area contributed by atoms with Crippen molar-refractivity contribution in [3.63, 3.8) is 0 Å². The first-order chi connectivity index (χ1) is 1.00. The van der Waals surface area contributed by atoms with Crippen molar-refractivity contribution >= 4 is 0 Å². The maximum atomic E-state index is 8.25. The van der Waals surface area contributed by atoms with Crippen molar-refractivity contribution in [3.05, 3.63) is 0 Å². The second-order valence-electron chi connectivity index (χ2n) is 0. The molecule has 0 unspecified atom stereocenters. The van der Waals surface area contributed by atoms with Crippen LogP contribution >= 0.6 is 0 Å². The van der Waals surface area contributed by atoms with Gasteiger partial charge in [0.05, 0.1) is 0 Å². The zero-order valence-corrected chi connectivity index (χ0v) is 9.45. The van der Waals surface area contributed by atoms with Gasteiger partial charge >= 0.3 is 23.7 Å². The van der Waals surface area contributed by atoms with Gasteiger partial charge in [-0.2, -0.15) is 0 Å². The minimum Gasteiger partial charge on any atom is 0 e. The molecule has 0 aromatic rings. The summed E-state index contributed by atoms with van der Waals surface area (Å²) in [5.74, 6) is 0. The second-order valence-corrected chi connectivity index (χ2v) is 0. The molecule has 0 N–H and O–H groups in total. The quantitative estimate of drug-likeness (QED) is 0.530. The van der Waals surface area contributed by atoms with E-state index in [4.69, 9.17) is 3.32 Å². The van der Waals surface area contributed by atoms with Gasteiger partial charge in [-0.25, -0.2) is 0 Å². The van der Waals surface area contributed by atoms with Crippen LogP contribution in [-0.2, 0) is 44.8 Å². The molecule has 0 radical (unpaired) electrons. The van der Waals surface area contributed by atoms with E-state index in [1.54, 1.807) is 0 Å². The molecule has 20 valence electrons. The Morgan fingerprint density at radius 3 is 1.25 bits per heavy atom. The smallest absolute Gasteiger partial charge is 0 e.